The van der Waals surface area contributed by atoms with E-state index in [1.54, 1.807) is 0 Å². The molecular formula is C17H28N2O. The van der Waals surface area contributed by atoms with Crippen LogP contribution in [0.1, 0.15) is 51.4 Å². The normalized spacial score (nSPS) is 46.4. The number of rotatable bonds is 3. The maximum Gasteiger partial charge on any atom is 0.226 e. The maximum atomic E-state index is 12.8. The lowest BCUT2D eigenvalue weighted by Crippen LogP contribution is -2.54. The first kappa shape index (κ1) is 13.1. The van der Waals surface area contributed by atoms with Gasteiger partial charge in [0.05, 0.1) is 0 Å². The van der Waals surface area contributed by atoms with Gasteiger partial charge in [-0.05, 0) is 88.1 Å². The average molecular weight is 276 g/mol. The van der Waals surface area contributed by atoms with E-state index >= 15 is 0 Å². The fourth-order valence-electron chi connectivity index (χ4n) is 5.91. The lowest BCUT2D eigenvalue weighted by Gasteiger charge is -2.55. The summed E-state index contributed by atoms with van der Waals surface area (Å²) in [6.07, 6.45) is 10.3. The van der Waals surface area contributed by atoms with Crippen molar-refractivity contribution in [3.05, 3.63) is 0 Å². The highest BCUT2D eigenvalue weighted by Crippen LogP contribution is 2.60. The second-order valence-corrected chi connectivity index (χ2v) is 8.12. The van der Waals surface area contributed by atoms with Crippen molar-refractivity contribution in [3.63, 3.8) is 0 Å². The van der Waals surface area contributed by atoms with Gasteiger partial charge in [-0.25, -0.2) is 0 Å². The average Bonchev–Trinajstić information content (AvgIpc) is 2.44. The number of carbonyl (C=O) groups is 1. The van der Waals surface area contributed by atoms with Gasteiger partial charge in [0.15, 0.2) is 0 Å². The first-order valence-corrected chi connectivity index (χ1v) is 8.72. The second-order valence-electron chi connectivity index (χ2n) is 8.12. The molecule has 112 valence electrons. The van der Waals surface area contributed by atoms with Crippen LogP contribution in [0.25, 0.3) is 0 Å². The van der Waals surface area contributed by atoms with Crippen LogP contribution in [0.2, 0.25) is 0 Å². The third-order valence-electron chi connectivity index (χ3n) is 6.47. The Balaban J connectivity index is 1.38. The zero-order valence-electron chi connectivity index (χ0n) is 12.5. The van der Waals surface area contributed by atoms with Gasteiger partial charge in [0.1, 0.15) is 0 Å². The molecule has 4 saturated carbocycles. The van der Waals surface area contributed by atoms with Crippen LogP contribution in [0.4, 0.5) is 0 Å². The summed E-state index contributed by atoms with van der Waals surface area (Å²) in [4.78, 5) is 12.8. The van der Waals surface area contributed by atoms with Crippen molar-refractivity contribution in [3.8, 4) is 0 Å². The molecule has 1 unspecified atom stereocenters. The summed E-state index contributed by atoms with van der Waals surface area (Å²) in [5.41, 5.74) is 0.0385. The van der Waals surface area contributed by atoms with Gasteiger partial charge in [-0.2, -0.15) is 0 Å². The summed E-state index contributed by atoms with van der Waals surface area (Å²) in [5.74, 6) is 3.65. The molecule has 1 atom stereocenters. The Morgan fingerprint density at radius 1 is 1.10 bits per heavy atom. The first-order valence-electron chi connectivity index (χ1n) is 8.72. The Bertz CT molecular complexity index is 351. The fraction of sp³-hybridized carbons (Fsp3) is 0.941. The molecule has 0 aromatic rings. The summed E-state index contributed by atoms with van der Waals surface area (Å²) < 4.78 is 0. The van der Waals surface area contributed by atoms with Crippen molar-refractivity contribution >= 4 is 5.91 Å². The van der Waals surface area contributed by atoms with E-state index in [4.69, 9.17) is 0 Å². The van der Waals surface area contributed by atoms with Crippen LogP contribution in [0.15, 0.2) is 0 Å². The molecule has 0 radical (unpaired) electrons. The van der Waals surface area contributed by atoms with E-state index in [2.05, 4.69) is 10.6 Å². The Labute approximate surface area is 122 Å². The molecule has 5 fully saturated rings. The third-order valence-corrected chi connectivity index (χ3v) is 6.47. The molecule has 5 aliphatic rings. The molecule has 1 amide bonds. The molecule has 0 aromatic carbocycles. The Morgan fingerprint density at radius 3 is 2.30 bits per heavy atom. The van der Waals surface area contributed by atoms with Crippen LogP contribution >= 0.6 is 0 Å². The molecule has 4 aliphatic carbocycles. The minimum atomic E-state index is 0.0385. The van der Waals surface area contributed by atoms with Crippen LogP contribution in [0.5, 0.6) is 0 Å². The summed E-state index contributed by atoms with van der Waals surface area (Å²) in [6.45, 7) is 3.13. The molecular weight excluding hydrogens is 248 g/mol. The molecule has 2 N–H and O–H groups in total. The lowest BCUT2D eigenvalue weighted by molar-refractivity contribution is -0.146. The largest absolute Gasteiger partial charge is 0.355 e. The van der Waals surface area contributed by atoms with E-state index in [0.717, 1.165) is 37.4 Å². The van der Waals surface area contributed by atoms with Crippen LogP contribution in [0.3, 0.4) is 0 Å². The van der Waals surface area contributed by atoms with Crippen molar-refractivity contribution in [1.29, 1.82) is 0 Å². The summed E-state index contributed by atoms with van der Waals surface area (Å²) >= 11 is 0. The van der Waals surface area contributed by atoms with Crippen molar-refractivity contribution in [2.75, 3.05) is 19.6 Å². The van der Waals surface area contributed by atoms with Gasteiger partial charge in [-0.1, -0.05) is 0 Å². The SMILES string of the molecule is O=C(NCC1CCCNC1)C12CC3CC(CC(C3)C1)C2. The van der Waals surface area contributed by atoms with Gasteiger partial charge in [0.2, 0.25) is 5.91 Å². The first-order chi connectivity index (χ1) is 9.73. The molecule has 0 spiro atoms. The zero-order chi connectivity index (χ0) is 13.6. The molecule has 3 nitrogen and oxygen atoms in total. The highest BCUT2D eigenvalue weighted by Gasteiger charge is 2.54. The lowest BCUT2D eigenvalue weighted by atomic mass is 9.49. The monoisotopic (exact) mass is 276 g/mol. The van der Waals surface area contributed by atoms with Gasteiger partial charge in [0.25, 0.3) is 0 Å². The van der Waals surface area contributed by atoms with Gasteiger partial charge >= 0.3 is 0 Å². The molecule has 20 heavy (non-hydrogen) atoms. The smallest absolute Gasteiger partial charge is 0.226 e. The van der Waals surface area contributed by atoms with Crippen molar-refractivity contribution in [1.82, 2.24) is 10.6 Å². The minimum Gasteiger partial charge on any atom is -0.355 e. The third kappa shape index (κ3) is 2.28. The van der Waals surface area contributed by atoms with E-state index in [1.807, 2.05) is 0 Å². The molecule has 4 bridgehead atoms. The van der Waals surface area contributed by atoms with E-state index in [9.17, 15) is 4.79 Å². The van der Waals surface area contributed by atoms with Crippen LogP contribution < -0.4 is 10.6 Å². The number of hydrogen-bond acceptors (Lipinski definition) is 2. The number of nitrogens with one attached hydrogen (secondary N) is 2. The maximum absolute atomic E-state index is 12.8. The van der Waals surface area contributed by atoms with E-state index < -0.39 is 0 Å². The summed E-state index contributed by atoms with van der Waals surface area (Å²) in [5, 5.41) is 6.77. The quantitative estimate of drug-likeness (QED) is 0.830. The van der Waals surface area contributed by atoms with Crippen molar-refractivity contribution in [2.45, 2.75) is 51.4 Å². The van der Waals surface area contributed by atoms with Gasteiger partial charge < -0.3 is 10.6 Å². The topological polar surface area (TPSA) is 41.1 Å². The predicted molar refractivity (Wildman–Crippen MR) is 79.2 cm³/mol. The zero-order valence-corrected chi connectivity index (χ0v) is 12.5. The van der Waals surface area contributed by atoms with Gasteiger partial charge in [-0.15, -0.1) is 0 Å². The Kier molecular flexibility index (Phi) is 3.29. The van der Waals surface area contributed by atoms with Crippen LogP contribution in [-0.2, 0) is 4.79 Å². The number of carbonyl (C=O) groups excluding carboxylic acids is 1. The fourth-order valence-corrected chi connectivity index (χ4v) is 5.91. The van der Waals surface area contributed by atoms with E-state index in [1.165, 1.54) is 51.4 Å². The Hall–Kier alpha value is -0.570. The number of piperidine rings is 1. The van der Waals surface area contributed by atoms with Gasteiger partial charge in [-0.3, -0.25) is 4.79 Å². The summed E-state index contributed by atoms with van der Waals surface area (Å²) in [6, 6.07) is 0. The highest BCUT2D eigenvalue weighted by molar-refractivity contribution is 5.83. The van der Waals surface area contributed by atoms with Gasteiger partial charge in [0, 0.05) is 12.0 Å². The van der Waals surface area contributed by atoms with Crippen molar-refractivity contribution < 1.29 is 4.79 Å². The highest BCUT2D eigenvalue weighted by atomic mass is 16.2. The van der Waals surface area contributed by atoms with Crippen molar-refractivity contribution in [2.24, 2.45) is 29.1 Å². The number of hydrogen-bond donors (Lipinski definition) is 2. The molecule has 5 rings (SSSR count). The molecule has 3 heteroatoms. The van der Waals surface area contributed by atoms with Crippen LogP contribution in [-0.4, -0.2) is 25.5 Å². The predicted octanol–water partition coefficient (Wildman–Crippen LogP) is 2.32. The van der Waals surface area contributed by atoms with Crippen LogP contribution in [0, 0.1) is 29.1 Å². The van der Waals surface area contributed by atoms with E-state index in [-0.39, 0.29) is 5.41 Å². The molecule has 0 aromatic heterocycles. The number of amides is 1. The molecule has 1 saturated heterocycles. The standard InChI is InChI=1S/C17H28N2O/c20-16(19-11-12-2-1-3-18-10-12)17-7-13-4-14(8-17)6-15(5-13)9-17/h12-15,18H,1-11H2,(H,19,20). The van der Waals surface area contributed by atoms with E-state index in [0.29, 0.717) is 11.8 Å². The summed E-state index contributed by atoms with van der Waals surface area (Å²) in [7, 11) is 0. The molecule has 1 heterocycles. The molecule has 1 aliphatic heterocycles. The Morgan fingerprint density at radius 2 is 1.75 bits per heavy atom. The second kappa shape index (κ2) is 5.01. The minimum absolute atomic E-state index is 0.0385.